The number of benzene rings is 3. The van der Waals surface area contributed by atoms with Crippen LogP contribution in [-0.4, -0.2) is 29.0 Å². The molecule has 4 amide bonds. The van der Waals surface area contributed by atoms with Gasteiger partial charge in [-0.2, -0.15) is 0 Å². The van der Waals surface area contributed by atoms with Crippen molar-refractivity contribution >= 4 is 40.5 Å². The maximum atomic E-state index is 13.4. The Bertz CT molecular complexity index is 1610. The number of urea groups is 1. The van der Waals surface area contributed by atoms with Gasteiger partial charge in [0, 0.05) is 22.7 Å². The highest BCUT2D eigenvalue weighted by atomic mass is 16.5. The highest BCUT2D eigenvalue weighted by Crippen LogP contribution is 2.28. The number of para-hydroxylation sites is 1. The number of nitrogens with one attached hydrogen (secondary N) is 1. The van der Waals surface area contributed by atoms with Crippen LogP contribution in [0.5, 0.6) is 5.75 Å². The van der Waals surface area contributed by atoms with Gasteiger partial charge in [0.1, 0.15) is 17.9 Å². The first kappa shape index (κ1) is 26.9. The van der Waals surface area contributed by atoms with Gasteiger partial charge in [-0.25, -0.2) is 9.69 Å². The predicted octanol–water partition coefficient (Wildman–Crippen LogP) is 6.25. The van der Waals surface area contributed by atoms with Crippen LogP contribution in [0.4, 0.5) is 10.5 Å². The predicted molar refractivity (Wildman–Crippen MR) is 157 cm³/mol. The van der Waals surface area contributed by atoms with Gasteiger partial charge >= 0.3 is 6.03 Å². The molecular weight excluding hydrogens is 502 g/mol. The molecule has 3 aromatic carbocycles. The van der Waals surface area contributed by atoms with Gasteiger partial charge in [0.05, 0.1) is 12.2 Å². The summed E-state index contributed by atoms with van der Waals surface area (Å²) < 4.78 is 8.06. The number of fused-ring (bicyclic) bond motifs is 1. The smallest absolute Gasteiger partial charge is 0.335 e. The third kappa shape index (κ3) is 5.41. The molecule has 204 valence electrons. The van der Waals surface area contributed by atoms with Gasteiger partial charge in [-0.3, -0.25) is 14.9 Å². The highest BCUT2D eigenvalue weighted by Gasteiger charge is 2.37. The number of aryl methyl sites for hydroxylation is 1. The number of imide groups is 2. The van der Waals surface area contributed by atoms with E-state index in [9.17, 15) is 14.4 Å². The third-order valence-corrected chi connectivity index (χ3v) is 7.14. The molecular formula is C33H33N3O4. The third-order valence-electron chi connectivity index (χ3n) is 7.14. The fourth-order valence-corrected chi connectivity index (χ4v) is 4.82. The maximum Gasteiger partial charge on any atom is 0.335 e. The largest absolute Gasteiger partial charge is 0.492 e. The number of nitrogens with zero attached hydrogens (tertiary/aromatic N) is 2. The summed E-state index contributed by atoms with van der Waals surface area (Å²) in [7, 11) is 0. The number of aromatic nitrogens is 1. The fraction of sp³-hybridized carbons (Fsp3) is 0.242. The summed E-state index contributed by atoms with van der Waals surface area (Å²) in [6, 6.07) is 22.3. The molecule has 2 heterocycles. The van der Waals surface area contributed by atoms with E-state index < -0.39 is 17.8 Å². The highest BCUT2D eigenvalue weighted by molar-refractivity contribution is 6.39. The number of rotatable bonds is 7. The number of carbonyl (C=O) groups excluding carboxylic acids is 3. The topological polar surface area (TPSA) is 80.6 Å². The Labute approximate surface area is 234 Å². The molecule has 1 N–H and O–H groups in total. The van der Waals surface area contributed by atoms with Crippen molar-refractivity contribution in [2.75, 3.05) is 11.5 Å². The standard InChI is InChI=1S/C33H33N3O4/c1-5-22-10-14-25(15-11-22)36-31(38)28(30(37)34-32(36)39)20-23-21-35(29-9-7-6-8-27(23)29)18-19-40-26-16-12-24(13-17-26)33(2,3)4/h6-17,20-21H,5,18-19H2,1-4H3,(H,34,37,39). The first-order chi connectivity index (χ1) is 19.2. The maximum absolute atomic E-state index is 13.4. The van der Waals surface area contributed by atoms with Crippen LogP contribution in [-0.2, 0) is 28.0 Å². The zero-order chi connectivity index (χ0) is 28.4. The number of anilines is 1. The van der Waals surface area contributed by atoms with E-state index in [1.807, 2.05) is 66.2 Å². The van der Waals surface area contributed by atoms with Crippen LogP contribution >= 0.6 is 0 Å². The molecule has 0 bridgehead atoms. The molecule has 5 rings (SSSR count). The molecule has 1 aliphatic heterocycles. The Morgan fingerprint density at radius 3 is 2.27 bits per heavy atom. The van der Waals surface area contributed by atoms with Gasteiger partial charge in [-0.15, -0.1) is 0 Å². The lowest BCUT2D eigenvalue weighted by molar-refractivity contribution is -0.122. The molecule has 4 aromatic rings. The number of carbonyl (C=O) groups is 3. The molecule has 1 aromatic heterocycles. The van der Waals surface area contributed by atoms with E-state index in [-0.39, 0.29) is 11.0 Å². The first-order valence-corrected chi connectivity index (χ1v) is 13.5. The van der Waals surface area contributed by atoms with Crippen molar-refractivity contribution < 1.29 is 19.1 Å². The van der Waals surface area contributed by atoms with Gasteiger partial charge in [0.2, 0.25) is 0 Å². The number of barbiturate groups is 1. The number of hydrogen-bond donors (Lipinski definition) is 1. The molecule has 0 radical (unpaired) electrons. The lowest BCUT2D eigenvalue weighted by atomic mass is 9.87. The second-order valence-corrected chi connectivity index (χ2v) is 10.9. The molecule has 0 atom stereocenters. The number of ether oxygens (including phenoxy) is 1. The second kappa shape index (κ2) is 10.8. The molecule has 0 saturated carbocycles. The molecule has 0 spiro atoms. The van der Waals surface area contributed by atoms with E-state index in [2.05, 4.69) is 38.2 Å². The lowest BCUT2D eigenvalue weighted by Gasteiger charge is -2.26. The molecule has 7 heteroatoms. The SMILES string of the molecule is CCc1ccc(N2C(=O)NC(=O)C(=Cc3cn(CCOc4ccc(C(C)(C)C)cc4)c4ccccc34)C2=O)cc1. The zero-order valence-corrected chi connectivity index (χ0v) is 23.2. The summed E-state index contributed by atoms with van der Waals surface area (Å²) in [6.07, 6.45) is 4.30. The van der Waals surface area contributed by atoms with Crippen molar-refractivity contribution in [2.45, 2.75) is 46.1 Å². The van der Waals surface area contributed by atoms with E-state index in [4.69, 9.17) is 4.74 Å². The number of hydrogen-bond acceptors (Lipinski definition) is 4. The molecule has 0 unspecified atom stereocenters. The van der Waals surface area contributed by atoms with E-state index in [1.54, 1.807) is 18.2 Å². The normalized spacial score (nSPS) is 15.2. The summed E-state index contributed by atoms with van der Waals surface area (Å²) in [6.45, 7) is 9.57. The Morgan fingerprint density at radius 2 is 1.60 bits per heavy atom. The summed E-state index contributed by atoms with van der Waals surface area (Å²) >= 11 is 0. The molecule has 40 heavy (non-hydrogen) atoms. The van der Waals surface area contributed by atoms with Crippen LogP contribution in [0.1, 0.15) is 44.4 Å². The minimum absolute atomic E-state index is 0.0775. The average Bonchev–Trinajstić information content (AvgIpc) is 3.28. The van der Waals surface area contributed by atoms with Crippen molar-refractivity contribution in [2.24, 2.45) is 0 Å². The van der Waals surface area contributed by atoms with Crippen LogP contribution in [0.2, 0.25) is 0 Å². The van der Waals surface area contributed by atoms with E-state index in [1.165, 1.54) is 5.56 Å². The zero-order valence-electron chi connectivity index (χ0n) is 23.2. The van der Waals surface area contributed by atoms with E-state index in [0.717, 1.165) is 33.5 Å². The second-order valence-electron chi connectivity index (χ2n) is 10.9. The van der Waals surface area contributed by atoms with Crippen LogP contribution in [0.3, 0.4) is 0 Å². The van der Waals surface area contributed by atoms with Gasteiger partial charge in [-0.05, 0) is 59.4 Å². The minimum Gasteiger partial charge on any atom is -0.492 e. The Balaban J connectivity index is 1.39. The average molecular weight is 536 g/mol. The molecule has 1 saturated heterocycles. The van der Waals surface area contributed by atoms with Gasteiger partial charge in [0.25, 0.3) is 11.8 Å². The summed E-state index contributed by atoms with van der Waals surface area (Å²) in [5.41, 5.74) is 4.37. The Morgan fingerprint density at radius 1 is 0.900 bits per heavy atom. The molecule has 7 nitrogen and oxygen atoms in total. The van der Waals surface area contributed by atoms with Gasteiger partial charge < -0.3 is 9.30 Å². The van der Waals surface area contributed by atoms with Gasteiger partial charge in [0.15, 0.2) is 0 Å². The van der Waals surface area contributed by atoms with Crippen molar-refractivity contribution in [1.29, 1.82) is 0 Å². The monoisotopic (exact) mass is 535 g/mol. The summed E-state index contributed by atoms with van der Waals surface area (Å²) in [4.78, 5) is 39.8. The minimum atomic E-state index is -0.758. The molecule has 1 fully saturated rings. The van der Waals surface area contributed by atoms with Crippen molar-refractivity contribution in [3.8, 4) is 5.75 Å². The van der Waals surface area contributed by atoms with Gasteiger partial charge in [-0.1, -0.05) is 70.2 Å². The molecule has 0 aliphatic carbocycles. The molecule has 1 aliphatic rings. The van der Waals surface area contributed by atoms with E-state index >= 15 is 0 Å². The van der Waals surface area contributed by atoms with Crippen LogP contribution in [0.15, 0.2) is 84.6 Å². The number of amides is 4. The van der Waals surface area contributed by atoms with Crippen LogP contribution in [0, 0.1) is 0 Å². The summed E-state index contributed by atoms with van der Waals surface area (Å²) in [5.74, 6) is -0.569. The Kier molecular flexibility index (Phi) is 7.30. The fourth-order valence-electron chi connectivity index (χ4n) is 4.82. The van der Waals surface area contributed by atoms with Crippen molar-refractivity contribution in [3.05, 3.63) is 101 Å². The van der Waals surface area contributed by atoms with E-state index in [0.29, 0.717) is 24.4 Å². The Hall–Kier alpha value is -4.65. The van der Waals surface area contributed by atoms with Crippen molar-refractivity contribution in [3.63, 3.8) is 0 Å². The quantitative estimate of drug-likeness (QED) is 0.224. The van der Waals surface area contributed by atoms with Crippen LogP contribution < -0.4 is 15.0 Å². The lowest BCUT2D eigenvalue weighted by Crippen LogP contribution is -2.54. The summed E-state index contributed by atoms with van der Waals surface area (Å²) in [5, 5.41) is 3.20. The first-order valence-electron chi connectivity index (χ1n) is 13.5. The van der Waals surface area contributed by atoms with Crippen LogP contribution in [0.25, 0.3) is 17.0 Å². The van der Waals surface area contributed by atoms with Crippen molar-refractivity contribution in [1.82, 2.24) is 9.88 Å².